The van der Waals surface area contributed by atoms with E-state index in [-0.39, 0.29) is 23.3 Å². The highest BCUT2D eigenvalue weighted by molar-refractivity contribution is 8.00. The number of nitrogens with zero attached hydrogens (tertiary/aromatic N) is 1. The Morgan fingerprint density at radius 3 is 2.86 bits per heavy atom. The Balaban J connectivity index is 1.65. The van der Waals surface area contributed by atoms with Gasteiger partial charge < -0.3 is 4.74 Å². The summed E-state index contributed by atoms with van der Waals surface area (Å²) in [4.78, 5) is 25.9. The third-order valence-electron chi connectivity index (χ3n) is 6.60. The van der Waals surface area contributed by atoms with Gasteiger partial charge in [-0.1, -0.05) is 46.7 Å². The van der Waals surface area contributed by atoms with Crippen LogP contribution >= 0.6 is 46.3 Å². The third-order valence-corrected chi connectivity index (χ3v) is 10.3. The molecule has 154 valence electrons. The zero-order valence-electron chi connectivity index (χ0n) is 15.9. The summed E-state index contributed by atoms with van der Waals surface area (Å²) in [5, 5.41) is 2.49. The first-order valence-electron chi connectivity index (χ1n) is 9.99. The van der Waals surface area contributed by atoms with Crippen LogP contribution in [-0.2, 0) is 16.1 Å². The largest absolute Gasteiger partial charge is 0.465 e. The van der Waals surface area contributed by atoms with Crippen LogP contribution < -0.4 is 4.87 Å². The predicted octanol–water partition coefficient (Wildman–Crippen LogP) is 5.43. The number of benzene rings is 1. The molecule has 4 nitrogen and oxygen atoms in total. The molecule has 0 N–H and O–H groups in total. The summed E-state index contributed by atoms with van der Waals surface area (Å²) in [6.07, 6.45) is 3.74. The minimum absolute atomic E-state index is 0.0347. The van der Waals surface area contributed by atoms with E-state index in [1.165, 1.54) is 30.6 Å². The van der Waals surface area contributed by atoms with Gasteiger partial charge in [-0.3, -0.25) is 14.2 Å². The van der Waals surface area contributed by atoms with Crippen molar-refractivity contribution >= 4 is 52.3 Å². The molecule has 1 aromatic heterocycles. The Hall–Kier alpha value is -0.950. The van der Waals surface area contributed by atoms with Gasteiger partial charge in [0.2, 0.25) is 0 Å². The number of thioether (sulfide) groups is 1. The van der Waals surface area contributed by atoms with Crippen molar-refractivity contribution in [1.82, 2.24) is 4.57 Å². The molecule has 2 fully saturated rings. The van der Waals surface area contributed by atoms with E-state index in [1.807, 2.05) is 12.1 Å². The van der Waals surface area contributed by atoms with Crippen LogP contribution in [0.2, 0.25) is 10.0 Å². The molecule has 2 saturated carbocycles. The second-order valence-corrected chi connectivity index (χ2v) is 11.0. The maximum absolute atomic E-state index is 12.9. The Bertz CT molecular complexity index is 1030. The highest BCUT2D eigenvalue weighted by Crippen LogP contribution is 2.64. The number of halogens is 2. The standard InChI is InChI=1S/C21H21Cl2NO3S2/c1-2-27-14(25)9-24-20-19(29-21(24)26)16(12-4-3-5-13(22)17(12)23)15-10-6-7-11(8-10)18(15)28-20/h3-5,10-11,15-16,18H,2,6-9H2,1H3/t10-,11-,15-,16-,18+/m0/s1. The monoisotopic (exact) mass is 469 g/mol. The fraction of sp³-hybridized carbons (Fsp3) is 0.524. The van der Waals surface area contributed by atoms with Gasteiger partial charge in [0.15, 0.2) is 0 Å². The lowest BCUT2D eigenvalue weighted by atomic mass is 9.75. The van der Waals surface area contributed by atoms with Gasteiger partial charge >= 0.3 is 10.8 Å². The number of ether oxygens (including phenoxy) is 1. The lowest BCUT2D eigenvalue weighted by Crippen LogP contribution is -2.34. The van der Waals surface area contributed by atoms with E-state index in [2.05, 4.69) is 0 Å². The molecule has 2 heterocycles. The highest BCUT2D eigenvalue weighted by Gasteiger charge is 2.55. The molecule has 3 aliphatic rings. The van der Waals surface area contributed by atoms with Gasteiger partial charge in [-0.05, 0) is 55.6 Å². The van der Waals surface area contributed by atoms with Gasteiger partial charge in [-0.25, -0.2) is 0 Å². The van der Waals surface area contributed by atoms with Crippen LogP contribution in [0.5, 0.6) is 0 Å². The smallest absolute Gasteiger partial charge is 0.326 e. The van der Waals surface area contributed by atoms with Crippen LogP contribution in [0.3, 0.4) is 0 Å². The average molecular weight is 470 g/mol. The lowest BCUT2D eigenvalue weighted by molar-refractivity contribution is -0.144. The minimum atomic E-state index is -0.372. The van der Waals surface area contributed by atoms with Crippen LogP contribution in [0.4, 0.5) is 0 Å². The SMILES string of the molecule is CCOC(=O)Cn1c2c(sc1=O)[C@@H](c1cccc(Cl)c1Cl)[C@@H]1[C@H]3CC[C@@H](C3)[C@H]1S2. The van der Waals surface area contributed by atoms with Gasteiger partial charge in [0.05, 0.1) is 21.7 Å². The number of aromatic nitrogens is 1. The van der Waals surface area contributed by atoms with E-state index in [4.69, 9.17) is 27.9 Å². The molecule has 0 unspecified atom stereocenters. The normalized spacial score (nSPS) is 29.6. The first-order chi connectivity index (χ1) is 14.0. The summed E-state index contributed by atoms with van der Waals surface area (Å²) in [5.74, 6) is 1.45. The van der Waals surface area contributed by atoms with E-state index in [0.29, 0.717) is 39.7 Å². The molecule has 2 bridgehead atoms. The highest BCUT2D eigenvalue weighted by atomic mass is 35.5. The minimum Gasteiger partial charge on any atom is -0.465 e. The Morgan fingerprint density at radius 2 is 2.07 bits per heavy atom. The molecule has 0 radical (unpaired) electrons. The maximum Gasteiger partial charge on any atom is 0.326 e. The molecular formula is C21H21Cl2NO3S2. The van der Waals surface area contributed by atoms with Crippen molar-refractivity contribution in [3.63, 3.8) is 0 Å². The number of rotatable bonds is 4. The Labute approximate surface area is 187 Å². The van der Waals surface area contributed by atoms with Gasteiger partial charge in [0.1, 0.15) is 6.54 Å². The van der Waals surface area contributed by atoms with Gasteiger partial charge in [-0.2, -0.15) is 0 Å². The topological polar surface area (TPSA) is 48.3 Å². The van der Waals surface area contributed by atoms with Crippen LogP contribution in [0.25, 0.3) is 0 Å². The molecule has 5 rings (SSSR count). The third kappa shape index (κ3) is 3.18. The molecule has 29 heavy (non-hydrogen) atoms. The van der Waals surface area contributed by atoms with Crippen molar-refractivity contribution in [2.24, 2.45) is 17.8 Å². The molecule has 2 aliphatic carbocycles. The van der Waals surface area contributed by atoms with Crippen molar-refractivity contribution in [3.05, 3.63) is 48.4 Å². The van der Waals surface area contributed by atoms with Gasteiger partial charge in [-0.15, -0.1) is 11.8 Å². The molecule has 8 heteroatoms. The molecule has 1 aliphatic heterocycles. The fourth-order valence-corrected chi connectivity index (χ4v) is 9.10. The number of thiazole rings is 1. The van der Waals surface area contributed by atoms with Crippen LogP contribution in [0.1, 0.15) is 42.5 Å². The summed E-state index contributed by atoms with van der Waals surface area (Å²) >= 11 is 16.1. The Kier molecular flexibility index (Phi) is 5.26. The van der Waals surface area contributed by atoms with Gasteiger partial charge in [0.25, 0.3) is 0 Å². The molecule has 5 atom stereocenters. The zero-order valence-corrected chi connectivity index (χ0v) is 19.0. The number of carbonyl (C=O) groups excluding carboxylic acids is 1. The Morgan fingerprint density at radius 1 is 1.28 bits per heavy atom. The molecule has 0 amide bonds. The summed E-state index contributed by atoms with van der Waals surface area (Å²) < 4.78 is 6.71. The van der Waals surface area contributed by atoms with Crippen molar-refractivity contribution in [3.8, 4) is 0 Å². The second kappa shape index (κ2) is 7.63. The van der Waals surface area contributed by atoms with Crippen molar-refractivity contribution in [2.45, 2.75) is 48.9 Å². The predicted molar refractivity (Wildman–Crippen MR) is 117 cm³/mol. The van der Waals surface area contributed by atoms with Crippen LogP contribution in [-0.4, -0.2) is 22.4 Å². The van der Waals surface area contributed by atoms with Gasteiger partial charge in [0, 0.05) is 16.0 Å². The second-order valence-electron chi connectivity index (χ2n) is 8.04. The molecule has 0 spiro atoms. The summed E-state index contributed by atoms with van der Waals surface area (Å²) in [6, 6.07) is 5.78. The number of hydrogen-bond acceptors (Lipinski definition) is 5. The maximum atomic E-state index is 12.9. The van der Waals surface area contributed by atoms with E-state index >= 15 is 0 Å². The zero-order chi connectivity index (χ0) is 20.3. The van der Waals surface area contributed by atoms with Crippen molar-refractivity contribution in [1.29, 1.82) is 0 Å². The van der Waals surface area contributed by atoms with Crippen molar-refractivity contribution < 1.29 is 9.53 Å². The quantitative estimate of drug-likeness (QED) is 0.559. The number of hydrogen-bond donors (Lipinski definition) is 0. The fourth-order valence-electron chi connectivity index (χ4n) is 5.53. The van der Waals surface area contributed by atoms with E-state index in [0.717, 1.165) is 15.5 Å². The van der Waals surface area contributed by atoms with Crippen molar-refractivity contribution in [2.75, 3.05) is 6.61 Å². The molecular weight excluding hydrogens is 449 g/mol. The first-order valence-corrected chi connectivity index (χ1v) is 12.4. The first kappa shape index (κ1) is 20.0. The van der Waals surface area contributed by atoms with E-state index in [1.54, 1.807) is 29.3 Å². The molecule has 0 saturated heterocycles. The molecule has 2 aromatic rings. The lowest BCUT2D eigenvalue weighted by Gasteiger charge is -2.40. The van der Waals surface area contributed by atoms with E-state index < -0.39 is 0 Å². The summed E-state index contributed by atoms with van der Waals surface area (Å²) in [5.41, 5.74) is 1.01. The summed E-state index contributed by atoms with van der Waals surface area (Å²) in [6.45, 7) is 2.05. The number of carbonyl (C=O) groups is 1. The number of fused-ring (bicyclic) bond motifs is 6. The molecule has 1 aromatic carbocycles. The summed E-state index contributed by atoms with van der Waals surface area (Å²) in [7, 11) is 0. The van der Waals surface area contributed by atoms with Crippen LogP contribution in [0.15, 0.2) is 28.0 Å². The number of esters is 1. The van der Waals surface area contributed by atoms with E-state index in [9.17, 15) is 9.59 Å². The average Bonchev–Trinajstić information content (AvgIpc) is 3.38. The van der Waals surface area contributed by atoms with Crippen LogP contribution in [0, 0.1) is 17.8 Å².